The molecule has 0 unspecified atom stereocenters. The van der Waals surface area contributed by atoms with Crippen molar-refractivity contribution in [1.82, 2.24) is 0 Å². The number of hydrogen-bond donors (Lipinski definition) is 0. The van der Waals surface area contributed by atoms with Crippen LogP contribution in [0, 0.1) is 24.7 Å². The molecule has 0 spiro atoms. The zero-order chi connectivity index (χ0) is 16.6. The van der Waals surface area contributed by atoms with Crippen LogP contribution in [0.25, 0.3) is 0 Å². The van der Waals surface area contributed by atoms with Crippen LogP contribution in [0.2, 0.25) is 0 Å². The van der Waals surface area contributed by atoms with E-state index in [1.54, 1.807) is 13.8 Å². The van der Waals surface area contributed by atoms with E-state index >= 15 is 0 Å². The number of rotatable bonds is 7. The topological polar surface area (TPSA) is 52.6 Å². The molecule has 0 heterocycles. The fourth-order valence-electron chi connectivity index (χ4n) is 2.28. The van der Waals surface area contributed by atoms with Gasteiger partial charge in [-0.1, -0.05) is 24.3 Å². The zero-order valence-electron chi connectivity index (χ0n) is 13.3. The summed E-state index contributed by atoms with van der Waals surface area (Å²) in [5.74, 6) is 1.17. The van der Waals surface area contributed by atoms with Gasteiger partial charge in [-0.25, -0.2) is 0 Å². The van der Waals surface area contributed by atoms with Crippen molar-refractivity contribution in [1.29, 1.82) is 0 Å². The van der Waals surface area contributed by atoms with Crippen molar-refractivity contribution < 1.29 is 19.1 Å². The number of carbonyl (C=O) groups is 2. The van der Waals surface area contributed by atoms with Crippen molar-refractivity contribution in [3.63, 3.8) is 0 Å². The third kappa shape index (κ3) is 3.88. The van der Waals surface area contributed by atoms with Crippen LogP contribution >= 0.6 is 0 Å². The molecule has 0 aliphatic heterocycles. The quantitative estimate of drug-likeness (QED) is 0.441. The molecule has 0 atom stereocenters. The maximum Gasteiger partial charge on any atom is 0.324 e. The fraction of sp³-hybridized carbons (Fsp3) is 0.444. The summed E-state index contributed by atoms with van der Waals surface area (Å²) < 4.78 is 10.2. The average Bonchev–Trinajstić information content (AvgIpc) is 2.49. The van der Waals surface area contributed by atoms with Gasteiger partial charge in [0.2, 0.25) is 0 Å². The van der Waals surface area contributed by atoms with E-state index in [0.717, 1.165) is 11.1 Å². The summed E-state index contributed by atoms with van der Waals surface area (Å²) in [4.78, 5) is 24.9. The summed E-state index contributed by atoms with van der Waals surface area (Å²) in [5, 5.41) is 0. The van der Waals surface area contributed by atoms with Crippen molar-refractivity contribution in [2.24, 2.45) is 5.41 Å². The van der Waals surface area contributed by atoms with Crippen molar-refractivity contribution >= 4 is 11.9 Å². The Balaban J connectivity index is 3.29. The smallest absolute Gasteiger partial charge is 0.324 e. The molecule has 4 heteroatoms. The average molecular weight is 302 g/mol. The summed E-state index contributed by atoms with van der Waals surface area (Å²) in [5.41, 5.74) is 0.365. The molecule has 22 heavy (non-hydrogen) atoms. The molecule has 0 aliphatic rings. The lowest BCUT2D eigenvalue weighted by molar-refractivity contribution is -0.171. The normalized spacial score (nSPS) is 10.6. The Kier molecular flexibility index (Phi) is 6.65. The predicted octanol–water partition coefficient (Wildman–Crippen LogP) is 2.67. The van der Waals surface area contributed by atoms with E-state index in [-0.39, 0.29) is 26.1 Å². The molecular weight excluding hydrogens is 280 g/mol. The number of benzene rings is 1. The summed E-state index contributed by atoms with van der Waals surface area (Å²) in [6.45, 7) is 5.66. The van der Waals surface area contributed by atoms with Crippen molar-refractivity contribution in [2.75, 3.05) is 13.2 Å². The van der Waals surface area contributed by atoms with Gasteiger partial charge in [0.25, 0.3) is 0 Å². The van der Waals surface area contributed by atoms with Crippen LogP contribution in [0.5, 0.6) is 0 Å². The second kappa shape index (κ2) is 8.23. The maximum atomic E-state index is 12.5. The number of aryl methyl sites for hydroxylation is 1. The van der Waals surface area contributed by atoms with Crippen LogP contribution in [0.3, 0.4) is 0 Å². The standard InChI is InChI=1S/C18H22O4/c1-5-12-18(16(19)21-6-2,17(20)22-7-3)13-15-11-9-8-10-14(15)4/h1,8-11H,6-7,12-13H2,2-4H3. The highest BCUT2D eigenvalue weighted by atomic mass is 16.6. The first-order chi connectivity index (χ1) is 10.5. The molecular formula is C18H22O4. The number of esters is 2. The Hall–Kier alpha value is -2.28. The SMILES string of the molecule is C#CCC(Cc1ccccc1C)(C(=O)OCC)C(=O)OCC. The number of terminal acetylenes is 1. The molecule has 0 aliphatic carbocycles. The molecule has 0 amide bonds. The summed E-state index contributed by atoms with van der Waals surface area (Å²) >= 11 is 0. The molecule has 118 valence electrons. The van der Waals surface area contributed by atoms with Crippen LogP contribution in [0.1, 0.15) is 31.4 Å². The van der Waals surface area contributed by atoms with Crippen LogP contribution in [0.4, 0.5) is 0 Å². The van der Waals surface area contributed by atoms with E-state index in [1.165, 1.54) is 0 Å². The molecule has 1 rings (SSSR count). The van der Waals surface area contributed by atoms with Crippen molar-refractivity contribution in [2.45, 2.75) is 33.6 Å². The minimum absolute atomic E-state index is 0.0565. The van der Waals surface area contributed by atoms with E-state index < -0.39 is 17.4 Å². The predicted molar refractivity (Wildman–Crippen MR) is 84.0 cm³/mol. The van der Waals surface area contributed by atoms with Gasteiger partial charge in [0.15, 0.2) is 5.41 Å². The minimum Gasteiger partial charge on any atom is -0.465 e. The first-order valence-corrected chi connectivity index (χ1v) is 7.34. The number of ether oxygens (including phenoxy) is 2. The van der Waals surface area contributed by atoms with E-state index in [1.807, 2.05) is 31.2 Å². The first-order valence-electron chi connectivity index (χ1n) is 7.34. The highest BCUT2D eigenvalue weighted by molar-refractivity contribution is 6.00. The Labute approximate surface area is 131 Å². The van der Waals surface area contributed by atoms with Gasteiger partial charge in [0, 0.05) is 12.8 Å². The van der Waals surface area contributed by atoms with Gasteiger partial charge in [0.1, 0.15) is 0 Å². The molecule has 0 saturated carbocycles. The van der Waals surface area contributed by atoms with E-state index in [9.17, 15) is 9.59 Å². The van der Waals surface area contributed by atoms with Crippen LogP contribution in [-0.2, 0) is 25.5 Å². The third-order valence-electron chi connectivity index (χ3n) is 3.49. The first kappa shape index (κ1) is 17.8. The number of carbonyl (C=O) groups excluding carboxylic acids is 2. The molecule has 0 saturated heterocycles. The van der Waals surface area contributed by atoms with Gasteiger partial charge in [-0.2, -0.15) is 0 Å². The van der Waals surface area contributed by atoms with Gasteiger partial charge in [0.05, 0.1) is 13.2 Å². The zero-order valence-corrected chi connectivity index (χ0v) is 13.3. The van der Waals surface area contributed by atoms with E-state index in [0.29, 0.717) is 0 Å². The molecule has 0 fully saturated rings. The Morgan fingerprint density at radius 3 is 2.14 bits per heavy atom. The van der Waals surface area contributed by atoms with Gasteiger partial charge < -0.3 is 9.47 Å². The lowest BCUT2D eigenvalue weighted by Crippen LogP contribution is -2.44. The molecule has 1 aromatic rings. The van der Waals surface area contributed by atoms with E-state index in [2.05, 4.69) is 5.92 Å². The summed E-state index contributed by atoms with van der Waals surface area (Å²) in [7, 11) is 0. The van der Waals surface area contributed by atoms with Crippen LogP contribution < -0.4 is 0 Å². The molecule has 1 aromatic carbocycles. The van der Waals surface area contributed by atoms with E-state index in [4.69, 9.17) is 15.9 Å². The number of hydrogen-bond acceptors (Lipinski definition) is 4. The summed E-state index contributed by atoms with van der Waals surface area (Å²) in [6.07, 6.45) is 5.52. The van der Waals surface area contributed by atoms with Crippen molar-refractivity contribution in [3.8, 4) is 12.3 Å². The Morgan fingerprint density at radius 2 is 1.68 bits per heavy atom. The molecule has 4 nitrogen and oxygen atoms in total. The second-order valence-corrected chi connectivity index (χ2v) is 5.01. The highest BCUT2D eigenvalue weighted by Crippen LogP contribution is 2.32. The minimum atomic E-state index is -1.49. The Bertz CT molecular complexity index is 551. The second-order valence-electron chi connectivity index (χ2n) is 5.01. The summed E-state index contributed by atoms with van der Waals surface area (Å²) in [6, 6.07) is 7.56. The highest BCUT2D eigenvalue weighted by Gasteiger charge is 2.48. The largest absolute Gasteiger partial charge is 0.465 e. The van der Waals surface area contributed by atoms with Crippen LogP contribution in [0.15, 0.2) is 24.3 Å². The maximum absolute atomic E-state index is 12.5. The molecule has 0 N–H and O–H groups in total. The molecule has 0 aromatic heterocycles. The van der Waals surface area contributed by atoms with Crippen molar-refractivity contribution in [3.05, 3.63) is 35.4 Å². The molecule has 0 bridgehead atoms. The monoisotopic (exact) mass is 302 g/mol. The van der Waals surface area contributed by atoms with Gasteiger partial charge in [-0.15, -0.1) is 12.3 Å². The third-order valence-corrected chi connectivity index (χ3v) is 3.49. The van der Waals surface area contributed by atoms with Gasteiger partial charge in [-0.3, -0.25) is 9.59 Å². The van der Waals surface area contributed by atoms with Gasteiger partial charge >= 0.3 is 11.9 Å². The molecule has 0 radical (unpaired) electrons. The Morgan fingerprint density at radius 1 is 1.14 bits per heavy atom. The fourth-order valence-corrected chi connectivity index (χ4v) is 2.28. The van der Waals surface area contributed by atoms with Gasteiger partial charge in [-0.05, 0) is 31.9 Å². The van der Waals surface area contributed by atoms with Crippen LogP contribution in [-0.4, -0.2) is 25.2 Å². The lowest BCUT2D eigenvalue weighted by atomic mass is 9.78. The lowest BCUT2D eigenvalue weighted by Gasteiger charge is -2.28.